The van der Waals surface area contributed by atoms with Crippen LogP contribution in [0.15, 0.2) is 24.3 Å². The van der Waals surface area contributed by atoms with E-state index in [2.05, 4.69) is 4.74 Å². The molecule has 0 aromatic heterocycles. The predicted octanol–water partition coefficient (Wildman–Crippen LogP) is 2.72. The predicted molar refractivity (Wildman–Crippen MR) is 47.5 cm³/mol. The van der Waals surface area contributed by atoms with Crippen LogP contribution in [0, 0.1) is 0 Å². The number of benzene rings is 1. The third kappa shape index (κ3) is 3.27. The molecule has 0 aliphatic heterocycles. The highest BCUT2D eigenvalue weighted by Crippen LogP contribution is 2.20. The Kier molecular flexibility index (Phi) is 3.34. The molecule has 0 aliphatic rings. The molecule has 0 bridgehead atoms. The molecule has 5 heteroatoms. The van der Waals surface area contributed by atoms with Crippen molar-refractivity contribution in [2.75, 3.05) is 0 Å². The molecule has 1 aromatic carbocycles. The molecule has 0 fully saturated rings. The number of hydrogen-bond acceptors (Lipinski definition) is 2. The van der Waals surface area contributed by atoms with Crippen LogP contribution in [0.3, 0.4) is 0 Å². The van der Waals surface area contributed by atoms with Gasteiger partial charge >= 0.3 is 12.1 Å². The van der Waals surface area contributed by atoms with E-state index in [1.165, 1.54) is 18.2 Å². The largest absolute Gasteiger partial charge is 0.491 e. The van der Waals surface area contributed by atoms with Crippen molar-refractivity contribution in [3.63, 3.8) is 0 Å². The lowest BCUT2D eigenvalue weighted by Gasteiger charge is -2.07. The molecule has 0 unspecified atom stereocenters. The second-order valence-electron chi connectivity index (χ2n) is 2.89. The fourth-order valence-electron chi connectivity index (χ4n) is 0.994. The van der Waals surface area contributed by atoms with Crippen molar-refractivity contribution < 1.29 is 22.7 Å². The van der Waals surface area contributed by atoms with E-state index in [0.29, 0.717) is 6.42 Å². The van der Waals surface area contributed by atoms with Crippen LogP contribution in [0.25, 0.3) is 0 Å². The molecule has 0 radical (unpaired) electrons. The Morgan fingerprint density at radius 3 is 2.60 bits per heavy atom. The van der Waals surface area contributed by atoms with Gasteiger partial charge in [-0.1, -0.05) is 19.1 Å². The molecule has 1 rings (SSSR count). The number of esters is 1. The molecule has 0 heterocycles. The van der Waals surface area contributed by atoms with E-state index in [1.807, 2.05) is 6.92 Å². The van der Waals surface area contributed by atoms with Crippen molar-refractivity contribution in [3.05, 3.63) is 29.8 Å². The van der Waals surface area contributed by atoms with Gasteiger partial charge in [-0.2, -0.15) is 13.2 Å². The van der Waals surface area contributed by atoms with Crippen molar-refractivity contribution in [1.82, 2.24) is 0 Å². The summed E-state index contributed by atoms with van der Waals surface area (Å²) in [5, 5.41) is 0. The first kappa shape index (κ1) is 11.6. The lowest BCUT2D eigenvalue weighted by molar-refractivity contribution is -0.189. The molecule has 82 valence electrons. The lowest BCUT2D eigenvalue weighted by Crippen LogP contribution is -2.27. The van der Waals surface area contributed by atoms with Gasteiger partial charge in [0, 0.05) is 0 Å². The molecular formula is C10H9F3O2. The highest BCUT2D eigenvalue weighted by atomic mass is 19.4. The van der Waals surface area contributed by atoms with Gasteiger partial charge in [0.05, 0.1) is 0 Å². The number of carbonyl (C=O) groups excluding carboxylic acids is 1. The zero-order chi connectivity index (χ0) is 11.5. The first-order valence-corrected chi connectivity index (χ1v) is 4.31. The molecule has 15 heavy (non-hydrogen) atoms. The minimum atomic E-state index is -4.96. The van der Waals surface area contributed by atoms with Gasteiger partial charge in [0.25, 0.3) is 0 Å². The molecule has 0 N–H and O–H groups in total. The van der Waals surface area contributed by atoms with Gasteiger partial charge in [-0.3, -0.25) is 0 Å². The topological polar surface area (TPSA) is 26.3 Å². The van der Waals surface area contributed by atoms with E-state index in [1.54, 1.807) is 6.07 Å². The van der Waals surface area contributed by atoms with E-state index in [4.69, 9.17) is 0 Å². The summed E-state index contributed by atoms with van der Waals surface area (Å²) in [6.45, 7) is 1.85. The van der Waals surface area contributed by atoms with Crippen LogP contribution in [0.5, 0.6) is 5.75 Å². The van der Waals surface area contributed by atoms with Crippen LogP contribution in [-0.2, 0) is 11.2 Å². The maximum absolute atomic E-state index is 11.8. The highest BCUT2D eigenvalue weighted by molar-refractivity contribution is 5.78. The quantitative estimate of drug-likeness (QED) is 0.563. The van der Waals surface area contributed by atoms with E-state index in [9.17, 15) is 18.0 Å². The summed E-state index contributed by atoms with van der Waals surface area (Å²) >= 11 is 0. The Morgan fingerprint density at radius 2 is 2.07 bits per heavy atom. The molecule has 0 spiro atoms. The van der Waals surface area contributed by atoms with Gasteiger partial charge in [0.15, 0.2) is 0 Å². The average Bonchev–Trinajstić information content (AvgIpc) is 2.16. The van der Waals surface area contributed by atoms with Gasteiger partial charge in [0.2, 0.25) is 0 Å². The van der Waals surface area contributed by atoms with E-state index < -0.39 is 12.1 Å². The number of alkyl halides is 3. The summed E-state index contributed by atoms with van der Waals surface area (Å²) in [6.07, 6.45) is -4.29. The van der Waals surface area contributed by atoms with Gasteiger partial charge < -0.3 is 4.74 Å². The van der Waals surface area contributed by atoms with Crippen LogP contribution in [0.2, 0.25) is 0 Å². The van der Waals surface area contributed by atoms with Crippen molar-refractivity contribution in [3.8, 4) is 5.75 Å². The number of aryl methyl sites for hydroxylation is 1. The molecule has 1 aromatic rings. The number of ether oxygens (including phenoxy) is 1. The minimum absolute atomic E-state index is 0.0864. The average molecular weight is 218 g/mol. The third-order valence-corrected chi connectivity index (χ3v) is 1.75. The number of rotatable bonds is 2. The van der Waals surface area contributed by atoms with E-state index >= 15 is 0 Å². The van der Waals surface area contributed by atoms with Crippen molar-refractivity contribution in [1.29, 1.82) is 0 Å². The van der Waals surface area contributed by atoms with Crippen LogP contribution < -0.4 is 4.74 Å². The molecule has 0 saturated heterocycles. The number of halogens is 3. The Balaban J connectivity index is 2.77. The van der Waals surface area contributed by atoms with Crippen LogP contribution in [0.4, 0.5) is 13.2 Å². The zero-order valence-electron chi connectivity index (χ0n) is 7.97. The summed E-state index contributed by atoms with van der Waals surface area (Å²) in [4.78, 5) is 10.5. The van der Waals surface area contributed by atoms with Crippen LogP contribution >= 0.6 is 0 Å². The highest BCUT2D eigenvalue weighted by Gasteiger charge is 2.41. The molecule has 0 amide bonds. The molecule has 0 atom stereocenters. The molecular weight excluding hydrogens is 209 g/mol. The summed E-state index contributed by atoms with van der Waals surface area (Å²) in [6, 6.07) is 6.00. The molecule has 0 aliphatic carbocycles. The summed E-state index contributed by atoms with van der Waals surface area (Å²) in [7, 11) is 0. The van der Waals surface area contributed by atoms with Crippen molar-refractivity contribution in [2.24, 2.45) is 0 Å². The number of hydrogen-bond donors (Lipinski definition) is 0. The third-order valence-electron chi connectivity index (χ3n) is 1.75. The Hall–Kier alpha value is -1.52. The maximum Gasteiger partial charge on any atom is 0.491 e. The first-order chi connectivity index (χ1) is 6.93. The van der Waals surface area contributed by atoms with Gasteiger partial charge in [0.1, 0.15) is 5.75 Å². The van der Waals surface area contributed by atoms with Gasteiger partial charge in [-0.25, -0.2) is 4.79 Å². The maximum atomic E-state index is 11.8. The summed E-state index contributed by atoms with van der Waals surface area (Å²) in [5.41, 5.74) is 0.808. The van der Waals surface area contributed by atoms with Gasteiger partial charge in [-0.15, -0.1) is 0 Å². The second-order valence-corrected chi connectivity index (χ2v) is 2.89. The van der Waals surface area contributed by atoms with Crippen molar-refractivity contribution >= 4 is 5.97 Å². The first-order valence-electron chi connectivity index (χ1n) is 4.31. The summed E-state index contributed by atoms with van der Waals surface area (Å²) < 4.78 is 39.7. The van der Waals surface area contributed by atoms with Crippen LogP contribution in [0.1, 0.15) is 12.5 Å². The van der Waals surface area contributed by atoms with Gasteiger partial charge in [-0.05, 0) is 24.1 Å². The van der Waals surface area contributed by atoms with Crippen LogP contribution in [-0.4, -0.2) is 12.1 Å². The Morgan fingerprint density at radius 1 is 1.40 bits per heavy atom. The summed E-state index contributed by atoms with van der Waals surface area (Å²) in [5.74, 6) is -2.28. The fraction of sp³-hybridized carbons (Fsp3) is 0.300. The fourth-order valence-corrected chi connectivity index (χ4v) is 0.994. The minimum Gasteiger partial charge on any atom is -0.420 e. The van der Waals surface area contributed by atoms with Crippen molar-refractivity contribution in [2.45, 2.75) is 19.5 Å². The monoisotopic (exact) mass is 218 g/mol. The Labute approximate surface area is 84.7 Å². The number of carbonyl (C=O) groups is 1. The SMILES string of the molecule is CCc1cccc(OC(=O)C(F)(F)F)c1. The lowest BCUT2D eigenvalue weighted by atomic mass is 10.2. The standard InChI is InChI=1S/C10H9F3O2/c1-2-7-4-3-5-8(6-7)15-9(14)10(11,12)13/h3-6H,2H2,1H3. The smallest absolute Gasteiger partial charge is 0.420 e. The normalized spacial score (nSPS) is 11.2. The second kappa shape index (κ2) is 4.33. The van der Waals surface area contributed by atoms with E-state index in [-0.39, 0.29) is 5.75 Å². The zero-order valence-corrected chi connectivity index (χ0v) is 7.97. The van der Waals surface area contributed by atoms with E-state index in [0.717, 1.165) is 5.56 Å². The molecule has 2 nitrogen and oxygen atoms in total. The Bertz CT molecular complexity index is 358. The molecule has 0 saturated carbocycles.